The largest absolute Gasteiger partial charge is 0.409 e. The molecule has 0 spiro atoms. The second-order valence-corrected chi connectivity index (χ2v) is 3.86. The van der Waals surface area contributed by atoms with Gasteiger partial charge in [0.05, 0.1) is 0 Å². The molecule has 92 valence electrons. The molecular weight excluding hydrogens is 237 g/mol. The predicted octanol–water partition coefficient (Wildman–Crippen LogP) is 4.93. The van der Waals surface area contributed by atoms with Gasteiger partial charge in [0.1, 0.15) is 0 Å². The summed E-state index contributed by atoms with van der Waals surface area (Å²) in [6.45, 7) is 0. The summed E-state index contributed by atoms with van der Waals surface area (Å²) >= 11 is 0. The molecule has 0 saturated carbocycles. The zero-order valence-corrected chi connectivity index (χ0v) is 9.48. The van der Waals surface area contributed by atoms with Crippen molar-refractivity contribution >= 4 is 6.08 Å². The molecule has 0 aliphatic rings. The predicted molar refractivity (Wildman–Crippen MR) is 67.0 cm³/mol. The second kappa shape index (κ2) is 5.08. The summed E-state index contributed by atoms with van der Waals surface area (Å²) in [4.78, 5) is 0. The molecular formula is C15H11F3. The van der Waals surface area contributed by atoms with Gasteiger partial charge in [-0.25, -0.2) is 0 Å². The van der Waals surface area contributed by atoms with Gasteiger partial charge >= 0.3 is 6.18 Å². The molecule has 18 heavy (non-hydrogen) atoms. The Morgan fingerprint density at radius 2 is 1.28 bits per heavy atom. The average molecular weight is 248 g/mol. The van der Waals surface area contributed by atoms with Gasteiger partial charge in [0.25, 0.3) is 0 Å². The minimum Gasteiger partial charge on any atom is -0.167 e. The number of allylic oxidation sites excluding steroid dienone is 1. The first-order valence-corrected chi connectivity index (χ1v) is 5.46. The van der Waals surface area contributed by atoms with Gasteiger partial charge in [-0.05, 0) is 16.7 Å². The van der Waals surface area contributed by atoms with E-state index in [0.717, 1.165) is 17.2 Å². The van der Waals surface area contributed by atoms with Gasteiger partial charge < -0.3 is 0 Å². The van der Waals surface area contributed by atoms with Crippen molar-refractivity contribution in [2.75, 3.05) is 0 Å². The van der Waals surface area contributed by atoms with E-state index in [9.17, 15) is 13.2 Å². The van der Waals surface area contributed by atoms with Crippen LogP contribution in [0.3, 0.4) is 0 Å². The van der Waals surface area contributed by atoms with Crippen molar-refractivity contribution < 1.29 is 13.2 Å². The van der Waals surface area contributed by atoms with Crippen LogP contribution in [0.4, 0.5) is 13.2 Å². The molecule has 2 aromatic rings. The first-order chi connectivity index (χ1) is 8.54. The Balaban J connectivity index is 2.19. The van der Waals surface area contributed by atoms with Crippen LogP contribution in [-0.2, 0) is 0 Å². The monoisotopic (exact) mass is 248 g/mol. The second-order valence-electron chi connectivity index (χ2n) is 3.86. The lowest BCUT2D eigenvalue weighted by molar-refractivity contribution is -0.0790. The third kappa shape index (κ3) is 3.48. The molecule has 3 heteroatoms. The zero-order valence-electron chi connectivity index (χ0n) is 9.48. The maximum absolute atomic E-state index is 12.0. The molecule has 0 saturated heterocycles. The summed E-state index contributed by atoms with van der Waals surface area (Å²) in [5.41, 5.74) is 2.57. The summed E-state index contributed by atoms with van der Waals surface area (Å²) < 4.78 is 36.0. The van der Waals surface area contributed by atoms with Crippen LogP contribution in [0.2, 0.25) is 0 Å². The molecule has 0 unspecified atom stereocenters. The molecule has 0 radical (unpaired) electrons. The lowest BCUT2D eigenvalue weighted by Crippen LogP contribution is -2.00. The molecule has 0 heterocycles. The molecule has 0 aliphatic carbocycles. The van der Waals surface area contributed by atoms with Gasteiger partial charge in [-0.15, -0.1) is 0 Å². The van der Waals surface area contributed by atoms with Crippen LogP contribution in [0.1, 0.15) is 5.56 Å². The highest BCUT2D eigenvalue weighted by molar-refractivity contribution is 5.65. The van der Waals surface area contributed by atoms with E-state index in [0.29, 0.717) is 5.56 Å². The number of hydrogen-bond acceptors (Lipinski definition) is 0. The Hall–Kier alpha value is -2.03. The number of rotatable bonds is 2. The van der Waals surface area contributed by atoms with Crippen LogP contribution in [-0.4, -0.2) is 6.18 Å². The van der Waals surface area contributed by atoms with Crippen LogP contribution >= 0.6 is 0 Å². The molecule has 0 aliphatic heterocycles. The summed E-state index contributed by atoms with van der Waals surface area (Å²) in [7, 11) is 0. The number of benzene rings is 2. The minimum atomic E-state index is -4.27. The molecule has 0 amide bonds. The SMILES string of the molecule is FC(F)(F)C=Cc1ccc(-c2ccccc2)cc1. The molecule has 0 N–H and O–H groups in total. The van der Waals surface area contributed by atoms with Crippen LogP contribution in [0.25, 0.3) is 17.2 Å². The number of hydrogen-bond donors (Lipinski definition) is 0. The van der Waals surface area contributed by atoms with Gasteiger partial charge in [0.15, 0.2) is 0 Å². The molecule has 2 aromatic carbocycles. The normalized spacial score (nSPS) is 11.9. The van der Waals surface area contributed by atoms with Gasteiger partial charge in [-0.1, -0.05) is 60.7 Å². The fourth-order valence-electron chi connectivity index (χ4n) is 1.61. The van der Waals surface area contributed by atoms with Crippen molar-refractivity contribution in [3.05, 3.63) is 66.2 Å². The standard InChI is InChI=1S/C15H11F3/c16-15(17,18)11-10-12-6-8-14(9-7-12)13-4-2-1-3-5-13/h1-11H. The van der Waals surface area contributed by atoms with E-state index in [1.54, 1.807) is 12.1 Å². The van der Waals surface area contributed by atoms with E-state index < -0.39 is 6.18 Å². The van der Waals surface area contributed by atoms with Crippen molar-refractivity contribution in [2.24, 2.45) is 0 Å². The van der Waals surface area contributed by atoms with Crippen molar-refractivity contribution in [1.29, 1.82) is 0 Å². The minimum absolute atomic E-state index is 0.241. The lowest BCUT2D eigenvalue weighted by Gasteiger charge is -2.02. The van der Waals surface area contributed by atoms with E-state index in [1.165, 1.54) is 0 Å². The van der Waals surface area contributed by atoms with Gasteiger partial charge in [0, 0.05) is 6.08 Å². The van der Waals surface area contributed by atoms with E-state index in [1.807, 2.05) is 42.5 Å². The topological polar surface area (TPSA) is 0 Å². The van der Waals surface area contributed by atoms with E-state index in [4.69, 9.17) is 0 Å². The van der Waals surface area contributed by atoms with Gasteiger partial charge in [0.2, 0.25) is 0 Å². The van der Waals surface area contributed by atoms with E-state index >= 15 is 0 Å². The fourth-order valence-corrected chi connectivity index (χ4v) is 1.61. The van der Waals surface area contributed by atoms with Crippen molar-refractivity contribution in [1.82, 2.24) is 0 Å². The number of alkyl halides is 3. The smallest absolute Gasteiger partial charge is 0.167 e. The van der Waals surface area contributed by atoms with Crippen LogP contribution in [0.5, 0.6) is 0 Å². The average Bonchev–Trinajstić information content (AvgIpc) is 2.37. The molecule has 2 rings (SSSR count). The summed E-state index contributed by atoms with van der Waals surface area (Å²) in [5.74, 6) is 0. The molecule has 0 bridgehead atoms. The van der Waals surface area contributed by atoms with Gasteiger partial charge in [-0.2, -0.15) is 13.2 Å². The summed E-state index contributed by atoms with van der Waals surface area (Å²) in [6.07, 6.45) is -2.96. The Morgan fingerprint density at radius 1 is 0.722 bits per heavy atom. The molecule has 0 fully saturated rings. The Bertz CT molecular complexity index is 522. The van der Waals surface area contributed by atoms with E-state index in [-0.39, 0.29) is 6.08 Å². The third-order valence-electron chi connectivity index (χ3n) is 2.48. The van der Waals surface area contributed by atoms with Crippen molar-refractivity contribution in [2.45, 2.75) is 6.18 Å². The Labute approximate surface area is 103 Å². The zero-order chi connectivity index (χ0) is 13.0. The van der Waals surface area contributed by atoms with E-state index in [2.05, 4.69) is 0 Å². The maximum atomic E-state index is 12.0. The molecule has 0 atom stereocenters. The first kappa shape index (κ1) is 12.4. The van der Waals surface area contributed by atoms with Crippen LogP contribution < -0.4 is 0 Å². The Kier molecular flexibility index (Phi) is 3.51. The van der Waals surface area contributed by atoms with Crippen molar-refractivity contribution in [3.63, 3.8) is 0 Å². The molecule has 0 nitrogen and oxygen atoms in total. The van der Waals surface area contributed by atoms with Gasteiger partial charge in [-0.3, -0.25) is 0 Å². The van der Waals surface area contributed by atoms with Crippen LogP contribution in [0.15, 0.2) is 60.7 Å². The van der Waals surface area contributed by atoms with Crippen molar-refractivity contribution in [3.8, 4) is 11.1 Å². The highest BCUT2D eigenvalue weighted by Crippen LogP contribution is 2.21. The van der Waals surface area contributed by atoms with Crippen LogP contribution in [0, 0.1) is 0 Å². The summed E-state index contributed by atoms with van der Waals surface area (Å²) in [6, 6.07) is 16.6. The summed E-state index contributed by atoms with van der Waals surface area (Å²) in [5, 5.41) is 0. The maximum Gasteiger partial charge on any atom is 0.409 e. The Morgan fingerprint density at radius 3 is 1.83 bits per heavy atom. The quantitative estimate of drug-likeness (QED) is 0.707. The molecule has 0 aromatic heterocycles. The fraction of sp³-hybridized carbons (Fsp3) is 0.0667. The highest BCUT2D eigenvalue weighted by atomic mass is 19.4. The first-order valence-electron chi connectivity index (χ1n) is 5.46. The third-order valence-corrected chi connectivity index (χ3v) is 2.48. The lowest BCUT2D eigenvalue weighted by atomic mass is 10.0. The highest BCUT2D eigenvalue weighted by Gasteiger charge is 2.21. The number of halogens is 3.